The van der Waals surface area contributed by atoms with Gasteiger partial charge in [-0.15, -0.1) is 0 Å². The predicted molar refractivity (Wildman–Crippen MR) is 103 cm³/mol. The van der Waals surface area contributed by atoms with E-state index in [1.54, 1.807) is 31.3 Å². The van der Waals surface area contributed by atoms with Gasteiger partial charge in [-0.05, 0) is 42.5 Å². The Kier molecular flexibility index (Phi) is 5.63. The molecule has 0 aliphatic heterocycles. The highest BCUT2D eigenvalue weighted by molar-refractivity contribution is 6.09. The van der Waals surface area contributed by atoms with E-state index in [0.717, 1.165) is 24.3 Å². The zero-order valence-electron chi connectivity index (χ0n) is 15.3. The third-order valence-corrected chi connectivity index (χ3v) is 4.17. The molecule has 0 saturated heterocycles. The Morgan fingerprint density at radius 2 is 1.55 bits per heavy atom. The molecule has 0 aliphatic carbocycles. The van der Waals surface area contributed by atoms with E-state index in [1.807, 2.05) is 6.07 Å². The van der Waals surface area contributed by atoms with Crippen LogP contribution in [0.25, 0.3) is 0 Å². The number of hydrogen-bond donors (Lipinski definition) is 1. The third kappa shape index (κ3) is 4.78. The van der Waals surface area contributed by atoms with Crippen LogP contribution in [0.1, 0.15) is 26.3 Å². The lowest BCUT2D eigenvalue weighted by Crippen LogP contribution is -2.26. The SMILES string of the molecule is CN(C(=O)c1cncc(C(=O)Nc2ccc(C(F)(F)F)cc2)c1)c1ccccc1. The number of carbonyl (C=O) groups excluding carboxylic acids is 2. The molecule has 1 heterocycles. The van der Waals surface area contributed by atoms with Gasteiger partial charge in [-0.2, -0.15) is 13.2 Å². The number of aromatic nitrogens is 1. The van der Waals surface area contributed by atoms with Crippen LogP contribution < -0.4 is 10.2 Å². The molecule has 0 unspecified atom stereocenters. The Bertz CT molecular complexity index is 1020. The van der Waals surface area contributed by atoms with E-state index in [-0.39, 0.29) is 22.7 Å². The van der Waals surface area contributed by atoms with Crippen molar-refractivity contribution in [2.24, 2.45) is 0 Å². The van der Waals surface area contributed by atoms with Crippen LogP contribution in [0.3, 0.4) is 0 Å². The summed E-state index contributed by atoms with van der Waals surface area (Å²) in [5.41, 5.74) is 0.376. The van der Waals surface area contributed by atoms with Gasteiger partial charge in [0.05, 0.1) is 16.7 Å². The highest BCUT2D eigenvalue weighted by Crippen LogP contribution is 2.29. The number of pyridine rings is 1. The number of nitrogens with one attached hydrogen (secondary N) is 1. The van der Waals surface area contributed by atoms with Gasteiger partial charge in [-0.3, -0.25) is 14.6 Å². The van der Waals surface area contributed by atoms with Gasteiger partial charge in [0.1, 0.15) is 0 Å². The summed E-state index contributed by atoms with van der Waals surface area (Å²) < 4.78 is 37.9. The minimum atomic E-state index is -4.45. The standard InChI is InChI=1S/C21H16F3N3O2/c1-27(18-5-3-2-4-6-18)20(29)15-11-14(12-25-13-15)19(28)26-17-9-7-16(8-10-17)21(22,23)24/h2-13H,1H3,(H,26,28). The van der Waals surface area contributed by atoms with E-state index in [0.29, 0.717) is 5.69 Å². The predicted octanol–water partition coefficient (Wildman–Crippen LogP) is 4.63. The lowest BCUT2D eigenvalue weighted by molar-refractivity contribution is -0.137. The van der Waals surface area contributed by atoms with Gasteiger partial charge in [0, 0.05) is 30.8 Å². The van der Waals surface area contributed by atoms with E-state index in [4.69, 9.17) is 0 Å². The number of carbonyl (C=O) groups is 2. The van der Waals surface area contributed by atoms with E-state index >= 15 is 0 Å². The van der Waals surface area contributed by atoms with Gasteiger partial charge in [0.15, 0.2) is 0 Å². The molecule has 29 heavy (non-hydrogen) atoms. The molecule has 0 atom stereocenters. The molecule has 1 N–H and O–H groups in total. The van der Waals surface area contributed by atoms with Crippen LogP contribution in [0.4, 0.5) is 24.5 Å². The average molecular weight is 399 g/mol. The average Bonchev–Trinajstić information content (AvgIpc) is 2.73. The first kappa shape index (κ1) is 20.1. The first-order valence-corrected chi connectivity index (χ1v) is 8.52. The summed E-state index contributed by atoms with van der Waals surface area (Å²) >= 11 is 0. The summed E-state index contributed by atoms with van der Waals surface area (Å²) in [6.07, 6.45) is -1.83. The van der Waals surface area contributed by atoms with Gasteiger partial charge in [0.25, 0.3) is 11.8 Å². The maximum Gasteiger partial charge on any atom is 0.416 e. The molecule has 1 aromatic heterocycles. The Hall–Kier alpha value is -3.68. The number of nitrogens with zero attached hydrogens (tertiary/aromatic N) is 2. The van der Waals surface area contributed by atoms with Crippen molar-refractivity contribution >= 4 is 23.2 Å². The van der Waals surface area contributed by atoms with E-state index in [2.05, 4.69) is 10.3 Å². The Balaban J connectivity index is 1.75. The third-order valence-electron chi connectivity index (χ3n) is 4.17. The molecule has 0 fully saturated rings. The second-order valence-corrected chi connectivity index (χ2v) is 6.19. The van der Waals surface area contributed by atoms with Crippen molar-refractivity contribution in [3.63, 3.8) is 0 Å². The first-order valence-electron chi connectivity index (χ1n) is 8.52. The van der Waals surface area contributed by atoms with E-state index in [9.17, 15) is 22.8 Å². The molecule has 8 heteroatoms. The normalized spacial score (nSPS) is 11.0. The number of hydrogen-bond acceptors (Lipinski definition) is 3. The largest absolute Gasteiger partial charge is 0.416 e. The second kappa shape index (κ2) is 8.14. The molecular formula is C21H16F3N3O2. The molecule has 3 aromatic rings. The number of alkyl halides is 3. The van der Waals surface area contributed by atoms with Crippen molar-refractivity contribution in [1.82, 2.24) is 4.98 Å². The summed E-state index contributed by atoms with van der Waals surface area (Å²) in [5.74, 6) is -0.942. The van der Waals surface area contributed by atoms with Crippen LogP contribution >= 0.6 is 0 Å². The number of amides is 2. The van der Waals surface area contributed by atoms with Crippen molar-refractivity contribution in [2.45, 2.75) is 6.18 Å². The number of rotatable bonds is 4. The highest BCUT2D eigenvalue weighted by atomic mass is 19.4. The van der Waals surface area contributed by atoms with Crippen molar-refractivity contribution in [3.05, 3.63) is 89.7 Å². The molecule has 3 rings (SSSR count). The topological polar surface area (TPSA) is 62.3 Å². The lowest BCUT2D eigenvalue weighted by Gasteiger charge is -2.17. The number of halogens is 3. The van der Waals surface area contributed by atoms with Crippen LogP contribution in [0.5, 0.6) is 0 Å². The fourth-order valence-electron chi connectivity index (χ4n) is 2.59. The summed E-state index contributed by atoms with van der Waals surface area (Å²) in [5, 5.41) is 2.49. The maximum absolute atomic E-state index is 12.7. The zero-order valence-corrected chi connectivity index (χ0v) is 15.3. The number of benzene rings is 2. The zero-order chi connectivity index (χ0) is 21.0. The molecule has 0 spiro atoms. The molecule has 148 valence electrons. The number of anilines is 2. The quantitative estimate of drug-likeness (QED) is 0.696. The van der Waals surface area contributed by atoms with Gasteiger partial charge >= 0.3 is 6.18 Å². The maximum atomic E-state index is 12.7. The lowest BCUT2D eigenvalue weighted by atomic mass is 10.1. The van der Waals surface area contributed by atoms with Crippen molar-refractivity contribution < 1.29 is 22.8 Å². The molecule has 2 aromatic carbocycles. The molecule has 0 aliphatic rings. The summed E-state index contributed by atoms with van der Waals surface area (Å²) in [7, 11) is 1.60. The van der Waals surface area contributed by atoms with E-state index < -0.39 is 17.6 Å². The number of para-hydroxylation sites is 1. The van der Waals surface area contributed by atoms with Crippen LogP contribution in [0.15, 0.2) is 73.1 Å². The summed E-state index contributed by atoms with van der Waals surface area (Å²) in [6.45, 7) is 0. The fraction of sp³-hybridized carbons (Fsp3) is 0.0952. The highest BCUT2D eigenvalue weighted by Gasteiger charge is 2.30. The van der Waals surface area contributed by atoms with Crippen LogP contribution in [-0.4, -0.2) is 23.8 Å². The molecule has 2 amide bonds. The Labute approximate surface area is 164 Å². The van der Waals surface area contributed by atoms with E-state index in [1.165, 1.54) is 23.4 Å². The first-order chi connectivity index (χ1) is 13.8. The van der Waals surface area contributed by atoms with Gasteiger partial charge in [-0.25, -0.2) is 0 Å². The van der Waals surface area contributed by atoms with Crippen LogP contribution in [0.2, 0.25) is 0 Å². The Morgan fingerprint density at radius 1 is 0.931 bits per heavy atom. The minimum Gasteiger partial charge on any atom is -0.322 e. The van der Waals surface area contributed by atoms with Crippen molar-refractivity contribution in [3.8, 4) is 0 Å². The smallest absolute Gasteiger partial charge is 0.322 e. The van der Waals surface area contributed by atoms with Gasteiger partial charge in [-0.1, -0.05) is 18.2 Å². The molecule has 5 nitrogen and oxygen atoms in total. The van der Waals surface area contributed by atoms with Gasteiger partial charge in [0.2, 0.25) is 0 Å². The Morgan fingerprint density at radius 3 is 2.17 bits per heavy atom. The van der Waals surface area contributed by atoms with Crippen molar-refractivity contribution in [1.29, 1.82) is 0 Å². The van der Waals surface area contributed by atoms with Crippen molar-refractivity contribution in [2.75, 3.05) is 17.3 Å². The van der Waals surface area contributed by atoms with Gasteiger partial charge < -0.3 is 10.2 Å². The minimum absolute atomic E-state index is 0.109. The summed E-state index contributed by atoms with van der Waals surface area (Å²) in [6, 6.07) is 14.4. The molecular weight excluding hydrogens is 383 g/mol. The fourth-order valence-corrected chi connectivity index (χ4v) is 2.59. The van der Waals surface area contributed by atoms with Crippen LogP contribution in [-0.2, 0) is 6.18 Å². The van der Waals surface area contributed by atoms with Crippen LogP contribution in [0, 0.1) is 0 Å². The summed E-state index contributed by atoms with van der Waals surface area (Å²) in [4.78, 5) is 30.4. The molecule has 0 radical (unpaired) electrons. The molecule has 0 saturated carbocycles. The second-order valence-electron chi connectivity index (χ2n) is 6.19. The molecule has 0 bridgehead atoms. The monoisotopic (exact) mass is 399 g/mol.